The zero-order chi connectivity index (χ0) is 90.1. The first-order valence-corrected chi connectivity index (χ1v) is 46.2. The summed E-state index contributed by atoms with van der Waals surface area (Å²) >= 11 is 0. The molecule has 0 unspecified atom stereocenters. The van der Waals surface area contributed by atoms with Gasteiger partial charge in [-0.2, -0.15) is 0 Å². The Hall–Kier alpha value is -1.26. The fraction of sp³-hybridized carbons (Fsp3) is 1.00. The van der Waals surface area contributed by atoms with Crippen LogP contribution in [-0.2, 0) is 4.74 Å². The Morgan fingerprint density at radius 1 is 0.274 bits per heavy atom. The second kappa shape index (κ2) is 52.8. The van der Waals surface area contributed by atoms with Gasteiger partial charge in [0.2, 0.25) is 0 Å². The quantitative estimate of drug-likeness (QED) is 0.272. The SMILES string of the molecule is CC(C)(C)N1CCC(F)(F)C1.CC(C)(C)N1CCC1.CC(C)(C)N1CCCC1.CC(C)(C)N1CCOCC1.CC(C)(C)N1CC[C@@H](F)C1.CC(C)(C)N1CC[C@H](F)C1.CC(C)(C)N1C[C@@H](F)[C@@H](F)C1.CC(C)(C)N1C[C@@H](F)[C@H](F)C1.CC(C)N1CCC(F)(F)CC1.CC(C)N1CCCCC1.CC(C)N1CCCCC1.CC(C)N1CCNC1. The Morgan fingerprint density at radius 2 is 0.547 bits per heavy atom. The molecule has 117 heavy (non-hydrogen) atoms. The van der Waals surface area contributed by atoms with Gasteiger partial charge in [-0.25, -0.2) is 43.9 Å². The van der Waals surface area contributed by atoms with Crippen molar-refractivity contribution >= 4 is 0 Å². The van der Waals surface area contributed by atoms with Gasteiger partial charge in [0.25, 0.3) is 11.8 Å². The van der Waals surface area contributed by atoms with Crippen LogP contribution in [0.25, 0.3) is 0 Å². The third-order valence-corrected chi connectivity index (χ3v) is 24.5. The number of likely N-dealkylation sites (tertiary alicyclic amines) is 10. The van der Waals surface area contributed by atoms with Gasteiger partial charge in [0.1, 0.15) is 37.0 Å². The van der Waals surface area contributed by atoms with Crippen LogP contribution in [0.1, 0.15) is 311 Å². The zero-order valence-electron chi connectivity index (χ0n) is 81.8. The summed E-state index contributed by atoms with van der Waals surface area (Å²) < 4.78 is 132. The number of hydrogen-bond acceptors (Lipinski definition) is 14. The van der Waals surface area contributed by atoms with Crippen molar-refractivity contribution in [2.24, 2.45) is 0 Å². The van der Waals surface area contributed by atoms with E-state index in [1.54, 1.807) is 0 Å². The highest BCUT2D eigenvalue weighted by atomic mass is 19.3. The van der Waals surface area contributed by atoms with Crippen LogP contribution in [0, 0.1) is 0 Å². The average Bonchev–Trinajstić information content (AvgIpc) is 1.70. The van der Waals surface area contributed by atoms with Gasteiger partial charge in [0, 0.05) is 193 Å². The Balaban J connectivity index is 0.000000639. The molecule has 0 spiro atoms. The van der Waals surface area contributed by atoms with Crippen molar-refractivity contribution < 1.29 is 48.6 Å². The fourth-order valence-corrected chi connectivity index (χ4v) is 15.3. The van der Waals surface area contributed by atoms with Crippen molar-refractivity contribution in [3.05, 3.63) is 0 Å². The van der Waals surface area contributed by atoms with E-state index in [1.807, 2.05) is 90.9 Å². The molecule has 24 heteroatoms. The zero-order valence-corrected chi connectivity index (χ0v) is 81.8. The highest BCUT2D eigenvalue weighted by molar-refractivity contribution is 4.94. The third-order valence-electron chi connectivity index (χ3n) is 24.5. The lowest BCUT2D eigenvalue weighted by Gasteiger charge is -2.42. The summed E-state index contributed by atoms with van der Waals surface area (Å²) in [6, 6.07) is 2.66. The van der Waals surface area contributed by atoms with Crippen molar-refractivity contribution in [1.29, 1.82) is 0 Å². The molecule has 702 valence electrons. The van der Waals surface area contributed by atoms with E-state index >= 15 is 0 Å². The fourth-order valence-electron chi connectivity index (χ4n) is 15.3. The Kier molecular flexibility index (Phi) is 51.3. The molecular formula is C93H189F10N13O. The lowest BCUT2D eigenvalue weighted by molar-refractivity contribution is -0.0603. The van der Waals surface area contributed by atoms with Crippen molar-refractivity contribution in [2.75, 3.05) is 177 Å². The first kappa shape index (κ1) is 114. The van der Waals surface area contributed by atoms with Gasteiger partial charge in [-0.15, -0.1) is 0 Å². The van der Waals surface area contributed by atoms with E-state index in [9.17, 15) is 43.9 Å². The first-order chi connectivity index (χ1) is 53.4. The number of halogens is 10. The molecule has 12 saturated heterocycles. The Bertz CT molecular complexity index is 2340. The molecule has 0 amide bonds. The molecule has 0 saturated carbocycles. The van der Waals surface area contributed by atoms with Gasteiger partial charge in [-0.1, -0.05) is 12.8 Å². The number of morpholine rings is 1. The normalized spacial score (nSPS) is 26.8. The maximum Gasteiger partial charge on any atom is 0.261 e. The first-order valence-electron chi connectivity index (χ1n) is 46.2. The molecule has 12 aliphatic rings. The average molecular weight is 1700 g/mol. The minimum atomic E-state index is -2.45. The summed E-state index contributed by atoms with van der Waals surface area (Å²) in [5, 5.41) is 3.28. The molecular weight excluding hydrogens is 1510 g/mol. The van der Waals surface area contributed by atoms with Gasteiger partial charge >= 0.3 is 0 Å². The molecule has 14 nitrogen and oxygen atoms in total. The van der Waals surface area contributed by atoms with E-state index in [4.69, 9.17) is 4.74 Å². The molecule has 12 heterocycles. The maximum absolute atomic E-state index is 12.7. The van der Waals surface area contributed by atoms with E-state index < -0.39 is 48.9 Å². The molecule has 0 aliphatic carbocycles. The van der Waals surface area contributed by atoms with Gasteiger partial charge in [0.05, 0.1) is 19.8 Å². The maximum atomic E-state index is 12.7. The lowest BCUT2D eigenvalue weighted by atomic mass is 10.0. The lowest BCUT2D eigenvalue weighted by Crippen LogP contribution is -2.49. The molecule has 0 bridgehead atoms. The van der Waals surface area contributed by atoms with Gasteiger partial charge < -0.3 is 24.8 Å². The largest absolute Gasteiger partial charge is 0.379 e. The predicted octanol–water partition coefficient (Wildman–Crippen LogP) is 20.0. The Morgan fingerprint density at radius 3 is 0.718 bits per heavy atom. The topological polar surface area (TPSA) is 60.1 Å². The summed E-state index contributed by atoms with van der Waals surface area (Å²) in [4.78, 5) is 27.0. The number of nitrogens with zero attached hydrogens (tertiary/aromatic N) is 12. The van der Waals surface area contributed by atoms with Crippen LogP contribution in [0.5, 0.6) is 0 Å². The molecule has 12 fully saturated rings. The summed E-state index contributed by atoms with van der Waals surface area (Å²) in [5.74, 6) is -4.85. The second-order valence-corrected chi connectivity index (χ2v) is 44.0. The van der Waals surface area contributed by atoms with Crippen molar-refractivity contribution in [2.45, 2.75) is 429 Å². The van der Waals surface area contributed by atoms with Crippen LogP contribution >= 0.6 is 0 Å². The monoisotopic (exact) mass is 1690 g/mol. The summed E-state index contributed by atoms with van der Waals surface area (Å²) in [6.45, 7) is 92.2. The minimum absolute atomic E-state index is 0.0181. The standard InChI is InChI=1S/4C8H15F2N.2C8H16FN.C8H17NO.3C8H17N.C7H15N.C6H14N2/c2*1-8(2,3)11-4-6(9)7(10)5-11;1-7(2,3)11-5-4-8(9,10)6-11;1-7(2)11-5-3-8(9,10)4-6-11;2*1-8(2,3)10-5-4-7(9)6-10;1-8(2,3)9-4-6-10-7-5-9;1-8(2,3)9-6-4-5-7-9;2*1-8(2)9-6-4-3-5-7-9;1-7(2,3)8-5-4-6-8;1-6(2)8-4-3-7-5-8/h2*6-7H,4-5H2,1-3H3;4-6H2,1-3H3;7H,3-6H2,1-2H3;2*7H,4-6H2,1-3H3;4-7H2,1-3H3;4-7H2,1-3H3;2*8H,3-7H2,1-2H3;4-6H2,1-3H3;6-7H,3-5H2,1-2H3/t6-,7+;6-,7-;;;2*7-;;;;;;/m.1..10....../s1. The molecule has 0 radical (unpaired) electrons. The van der Waals surface area contributed by atoms with Crippen LogP contribution in [-0.4, -0.2) is 353 Å². The van der Waals surface area contributed by atoms with E-state index in [1.165, 1.54) is 117 Å². The molecule has 0 aromatic carbocycles. The van der Waals surface area contributed by atoms with E-state index in [2.05, 4.69) is 195 Å². The predicted molar refractivity (Wildman–Crippen MR) is 480 cm³/mol. The Labute approximate surface area is 715 Å². The van der Waals surface area contributed by atoms with Gasteiger partial charge in [-0.05, 0) is 332 Å². The smallest absolute Gasteiger partial charge is 0.261 e. The van der Waals surface area contributed by atoms with Crippen LogP contribution in [0.3, 0.4) is 0 Å². The third kappa shape index (κ3) is 49.4. The number of hydrogen-bond donors (Lipinski definition) is 1. The molecule has 6 atom stereocenters. The molecule has 1 N–H and O–H groups in total. The van der Waals surface area contributed by atoms with E-state index in [-0.39, 0.29) is 79.7 Å². The molecule has 0 aromatic heterocycles. The number of rotatable bonds is 4. The molecule has 0 aromatic rings. The highest BCUT2D eigenvalue weighted by Gasteiger charge is 2.43. The van der Waals surface area contributed by atoms with E-state index in [0.717, 1.165) is 77.5 Å². The summed E-state index contributed by atoms with van der Waals surface area (Å²) in [5.41, 5.74) is 1.15. The van der Waals surface area contributed by atoms with Crippen LogP contribution < -0.4 is 5.32 Å². The second-order valence-electron chi connectivity index (χ2n) is 44.0. The summed E-state index contributed by atoms with van der Waals surface area (Å²) in [6.07, 6.45) is 7.98. The van der Waals surface area contributed by atoms with Crippen molar-refractivity contribution in [1.82, 2.24) is 64.1 Å². The van der Waals surface area contributed by atoms with E-state index in [0.29, 0.717) is 61.4 Å². The van der Waals surface area contributed by atoms with Gasteiger partial charge in [-0.3, -0.25) is 44.1 Å². The van der Waals surface area contributed by atoms with Crippen molar-refractivity contribution in [3.8, 4) is 0 Å². The van der Waals surface area contributed by atoms with Crippen LogP contribution in [0.15, 0.2) is 0 Å². The number of piperidine rings is 3. The molecule has 12 rings (SSSR count). The number of ether oxygens (including phenoxy) is 1. The minimum Gasteiger partial charge on any atom is -0.379 e. The number of nitrogens with one attached hydrogen (secondary N) is 1. The number of alkyl halides is 10. The van der Waals surface area contributed by atoms with Crippen LogP contribution in [0.4, 0.5) is 43.9 Å². The summed E-state index contributed by atoms with van der Waals surface area (Å²) in [7, 11) is 0. The van der Waals surface area contributed by atoms with Crippen LogP contribution in [0.2, 0.25) is 0 Å². The van der Waals surface area contributed by atoms with Gasteiger partial charge in [0.15, 0.2) is 0 Å². The van der Waals surface area contributed by atoms with Crippen molar-refractivity contribution in [3.63, 3.8) is 0 Å². The molecule has 12 aliphatic heterocycles. The highest BCUT2D eigenvalue weighted by Crippen LogP contribution is 2.33.